The SMILES string of the molecule is CCCCCCCCCCOC(=O)CCCCCNCCCNC(=O)OC(C)(C)C. The number of esters is 1. The average Bonchev–Trinajstić information content (AvgIpc) is 2.66. The predicted molar refractivity (Wildman–Crippen MR) is 124 cm³/mol. The predicted octanol–water partition coefficient (Wildman–Crippen LogP) is 5.74. The standard InChI is InChI=1S/C24H48N2O4/c1-5-6-7-8-9-10-11-15-21-29-22(27)17-13-12-14-18-25-19-16-20-26-23(28)30-24(2,3)4/h25H,5-21H2,1-4H3,(H,26,28). The van der Waals surface area contributed by atoms with Gasteiger partial charge in [0.1, 0.15) is 5.60 Å². The molecule has 178 valence electrons. The van der Waals surface area contributed by atoms with E-state index in [1.165, 1.54) is 44.9 Å². The van der Waals surface area contributed by atoms with Gasteiger partial charge in [-0.2, -0.15) is 0 Å². The van der Waals surface area contributed by atoms with E-state index in [1.807, 2.05) is 20.8 Å². The Morgan fingerprint density at radius 2 is 1.33 bits per heavy atom. The van der Waals surface area contributed by atoms with E-state index in [0.29, 0.717) is 19.6 Å². The molecule has 6 nitrogen and oxygen atoms in total. The van der Waals surface area contributed by atoms with Gasteiger partial charge in [-0.3, -0.25) is 4.79 Å². The minimum atomic E-state index is -0.456. The Morgan fingerprint density at radius 3 is 2.00 bits per heavy atom. The van der Waals surface area contributed by atoms with Crippen LogP contribution in [0.1, 0.15) is 111 Å². The molecule has 0 radical (unpaired) electrons. The Bertz CT molecular complexity index is 422. The minimum Gasteiger partial charge on any atom is -0.466 e. The third kappa shape index (κ3) is 23.0. The average molecular weight is 429 g/mol. The number of alkyl carbamates (subject to hydrolysis) is 1. The van der Waals surface area contributed by atoms with E-state index >= 15 is 0 Å². The first kappa shape index (κ1) is 28.7. The van der Waals surface area contributed by atoms with Gasteiger partial charge in [-0.25, -0.2) is 4.79 Å². The number of carbonyl (C=O) groups is 2. The van der Waals surface area contributed by atoms with Gasteiger partial charge in [-0.1, -0.05) is 58.3 Å². The molecule has 0 spiro atoms. The first-order valence-electron chi connectivity index (χ1n) is 12.2. The quantitative estimate of drug-likeness (QED) is 0.203. The van der Waals surface area contributed by atoms with Crippen LogP contribution in [0.25, 0.3) is 0 Å². The molecule has 0 aromatic rings. The van der Waals surface area contributed by atoms with Crippen molar-refractivity contribution in [2.75, 3.05) is 26.2 Å². The summed E-state index contributed by atoms with van der Waals surface area (Å²) in [6.45, 7) is 10.8. The summed E-state index contributed by atoms with van der Waals surface area (Å²) >= 11 is 0. The second kappa shape index (κ2) is 19.7. The van der Waals surface area contributed by atoms with E-state index in [9.17, 15) is 9.59 Å². The lowest BCUT2D eigenvalue weighted by Crippen LogP contribution is -2.34. The maximum atomic E-state index is 11.7. The molecule has 0 saturated heterocycles. The maximum Gasteiger partial charge on any atom is 0.407 e. The lowest BCUT2D eigenvalue weighted by Gasteiger charge is -2.19. The largest absolute Gasteiger partial charge is 0.466 e. The Balaban J connectivity index is 3.27. The van der Waals surface area contributed by atoms with Crippen LogP contribution < -0.4 is 10.6 Å². The van der Waals surface area contributed by atoms with Crippen molar-refractivity contribution in [3.05, 3.63) is 0 Å². The van der Waals surface area contributed by atoms with Crippen molar-refractivity contribution in [2.45, 2.75) is 117 Å². The summed E-state index contributed by atoms with van der Waals surface area (Å²) in [5.74, 6) is -0.0564. The van der Waals surface area contributed by atoms with E-state index in [1.54, 1.807) is 0 Å². The van der Waals surface area contributed by atoms with Crippen LogP contribution in [-0.2, 0) is 14.3 Å². The number of hydrogen-bond acceptors (Lipinski definition) is 5. The van der Waals surface area contributed by atoms with Gasteiger partial charge in [0.25, 0.3) is 0 Å². The Morgan fingerprint density at radius 1 is 0.733 bits per heavy atom. The molecule has 6 heteroatoms. The van der Waals surface area contributed by atoms with E-state index in [0.717, 1.165) is 45.2 Å². The highest BCUT2D eigenvalue weighted by molar-refractivity contribution is 5.69. The van der Waals surface area contributed by atoms with Crippen LogP contribution in [0.5, 0.6) is 0 Å². The Hall–Kier alpha value is -1.30. The van der Waals surface area contributed by atoms with Crippen LogP contribution in [0.3, 0.4) is 0 Å². The minimum absolute atomic E-state index is 0.0564. The zero-order valence-corrected chi connectivity index (χ0v) is 20.2. The Labute approximate surface area is 185 Å². The fourth-order valence-corrected chi connectivity index (χ4v) is 3.03. The fourth-order valence-electron chi connectivity index (χ4n) is 3.03. The number of nitrogens with one attached hydrogen (secondary N) is 2. The summed E-state index contributed by atoms with van der Waals surface area (Å²) in [5.41, 5.74) is -0.456. The number of unbranched alkanes of at least 4 members (excludes halogenated alkanes) is 9. The monoisotopic (exact) mass is 428 g/mol. The third-order valence-electron chi connectivity index (χ3n) is 4.69. The fraction of sp³-hybridized carbons (Fsp3) is 0.917. The molecule has 0 atom stereocenters. The van der Waals surface area contributed by atoms with Crippen molar-refractivity contribution in [3.63, 3.8) is 0 Å². The first-order chi connectivity index (χ1) is 14.3. The van der Waals surface area contributed by atoms with Crippen LogP contribution in [0, 0.1) is 0 Å². The van der Waals surface area contributed by atoms with Crippen LogP contribution in [0.15, 0.2) is 0 Å². The number of rotatable bonds is 19. The highest BCUT2D eigenvalue weighted by atomic mass is 16.6. The molecular weight excluding hydrogens is 380 g/mol. The van der Waals surface area contributed by atoms with E-state index in [4.69, 9.17) is 9.47 Å². The number of carbonyl (C=O) groups excluding carboxylic acids is 2. The van der Waals surface area contributed by atoms with Crippen LogP contribution in [0.2, 0.25) is 0 Å². The summed E-state index contributed by atoms with van der Waals surface area (Å²) in [7, 11) is 0. The highest BCUT2D eigenvalue weighted by Gasteiger charge is 2.15. The molecule has 2 N–H and O–H groups in total. The molecule has 0 aliphatic heterocycles. The summed E-state index contributed by atoms with van der Waals surface area (Å²) in [6, 6.07) is 0. The van der Waals surface area contributed by atoms with Gasteiger partial charge in [0, 0.05) is 13.0 Å². The van der Waals surface area contributed by atoms with Gasteiger partial charge in [0.2, 0.25) is 0 Å². The van der Waals surface area contributed by atoms with Gasteiger partial charge < -0.3 is 20.1 Å². The molecule has 0 saturated carbocycles. The molecule has 0 aliphatic carbocycles. The summed E-state index contributed by atoms with van der Waals surface area (Å²) in [5, 5.41) is 6.11. The zero-order valence-electron chi connectivity index (χ0n) is 20.2. The van der Waals surface area contributed by atoms with E-state index in [-0.39, 0.29) is 12.1 Å². The van der Waals surface area contributed by atoms with Crippen molar-refractivity contribution in [1.29, 1.82) is 0 Å². The van der Waals surface area contributed by atoms with Gasteiger partial charge in [-0.05, 0) is 59.5 Å². The molecule has 0 unspecified atom stereocenters. The molecule has 0 heterocycles. The number of hydrogen-bond donors (Lipinski definition) is 2. The van der Waals surface area contributed by atoms with Gasteiger partial charge in [0.05, 0.1) is 6.61 Å². The molecule has 0 fully saturated rings. The first-order valence-corrected chi connectivity index (χ1v) is 12.2. The van der Waals surface area contributed by atoms with E-state index < -0.39 is 5.60 Å². The van der Waals surface area contributed by atoms with Gasteiger partial charge in [-0.15, -0.1) is 0 Å². The maximum absolute atomic E-state index is 11.7. The lowest BCUT2D eigenvalue weighted by atomic mass is 10.1. The second-order valence-corrected chi connectivity index (χ2v) is 9.04. The summed E-state index contributed by atoms with van der Waals surface area (Å²) in [6.07, 6.45) is 14.0. The van der Waals surface area contributed by atoms with E-state index in [2.05, 4.69) is 17.6 Å². The molecule has 30 heavy (non-hydrogen) atoms. The van der Waals surface area contributed by atoms with Crippen molar-refractivity contribution >= 4 is 12.1 Å². The molecule has 0 aliphatic rings. The molecule has 1 amide bonds. The second-order valence-electron chi connectivity index (χ2n) is 9.04. The van der Waals surface area contributed by atoms with Gasteiger partial charge in [0.15, 0.2) is 0 Å². The number of amides is 1. The topological polar surface area (TPSA) is 76.7 Å². The van der Waals surface area contributed by atoms with Crippen molar-refractivity contribution in [3.8, 4) is 0 Å². The molecule has 0 aromatic carbocycles. The van der Waals surface area contributed by atoms with Crippen LogP contribution in [-0.4, -0.2) is 43.9 Å². The molecule has 0 rings (SSSR count). The van der Waals surface area contributed by atoms with Crippen LogP contribution >= 0.6 is 0 Å². The Kier molecular flexibility index (Phi) is 18.8. The normalized spacial score (nSPS) is 11.3. The smallest absolute Gasteiger partial charge is 0.407 e. The van der Waals surface area contributed by atoms with Crippen LogP contribution in [0.4, 0.5) is 4.79 Å². The van der Waals surface area contributed by atoms with Crippen molar-refractivity contribution < 1.29 is 19.1 Å². The summed E-state index contributed by atoms with van der Waals surface area (Å²) in [4.78, 5) is 23.2. The van der Waals surface area contributed by atoms with Crippen molar-refractivity contribution in [1.82, 2.24) is 10.6 Å². The van der Waals surface area contributed by atoms with Gasteiger partial charge >= 0.3 is 12.1 Å². The zero-order chi connectivity index (χ0) is 22.5. The lowest BCUT2D eigenvalue weighted by molar-refractivity contribution is -0.143. The molecule has 0 bridgehead atoms. The molecule has 0 aromatic heterocycles. The van der Waals surface area contributed by atoms with Crippen molar-refractivity contribution in [2.24, 2.45) is 0 Å². The third-order valence-corrected chi connectivity index (χ3v) is 4.69. The molecular formula is C24H48N2O4. The number of ether oxygens (including phenoxy) is 2. The highest BCUT2D eigenvalue weighted by Crippen LogP contribution is 2.09. The summed E-state index contributed by atoms with van der Waals surface area (Å²) < 4.78 is 10.5.